The highest BCUT2D eigenvalue weighted by Gasteiger charge is 2.23. The first-order valence-electron chi connectivity index (χ1n) is 7.77. The van der Waals surface area contributed by atoms with E-state index in [9.17, 15) is 9.18 Å². The first kappa shape index (κ1) is 18.3. The predicted octanol–water partition coefficient (Wildman–Crippen LogP) is 3.50. The molecule has 2 aromatic rings. The average molecular weight is 341 g/mol. The van der Waals surface area contributed by atoms with Crippen LogP contribution in [0.2, 0.25) is 0 Å². The zero-order valence-electron chi connectivity index (χ0n) is 14.4. The smallest absolute Gasteiger partial charge is 0.256 e. The molecule has 2 N–H and O–H groups in total. The van der Waals surface area contributed by atoms with Crippen molar-refractivity contribution in [2.75, 3.05) is 12.4 Å². The summed E-state index contributed by atoms with van der Waals surface area (Å²) in [4.78, 5) is 16.8. The summed E-state index contributed by atoms with van der Waals surface area (Å²) in [7, 11) is 1.45. The quantitative estimate of drug-likeness (QED) is 0.790. The van der Waals surface area contributed by atoms with Crippen LogP contribution in [0.15, 0.2) is 36.5 Å². The number of nitrogens with zero attached hydrogens (tertiary/aromatic N) is 1. The zero-order chi connectivity index (χ0) is 18.4. The largest absolute Gasteiger partial charge is 0.497 e. The molecule has 25 heavy (non-hydrogen) atoms. The standard InChI is InChI=1S/C19H20FN3O2/c1-5-19(3,6-2)23-18(24)16-8-7-9-21-17(16)22-14-10-13(20)11-15(12-14)25-4/h1,7-12H,6H2,2-4H3,(H,21,22)(H,23,24). The fourth-order valence-corrected chi connectivity index (χ4v) is 2.12. The number of nitrogens with one attached hydrogen (secondary N) is 2. The Labute approximate surface area is 146 Å². The Bertz CT molecular complexity index is 817. The van der Waals surface area contributed by atoms with E-state index in [-0.39, 0.29) is 5.91 Å². The molecule has 0 saturated carbocycles. The molecule has 1 heterocycles. The second-order valence-electron chi connectivity index (χ2n) is 5.69. The topological polar surface area (TPSA) is 63.2 Å². The van der Waals surface area contributed by atoms with Crippen molar-refractivity contribution in [3.05, 3.63) is 47.9 Å². The van der Waals surface area contributed by atoms with Gasteiger partial charge in [-0.2, -0.15) is 0 Å². The van der Waals surface area contributed by atoms with Crippen LogP contribution in [-0.2, 0) is 0 Å². The molecule has 1 unspecified atom stereocenters. The summed E-state index contributed by atoms with van der Waals surface area (Å²) >= 11 is 0. The molecule has 0 bridgehead atoms. The Morgan fingerprint density at radius 3 is 2.84 bits per heavy atom. The second kappa shape index (κ2) is 7.67. The van der Waals surface area contributed by atoms with Gasteiger partial charge in [-0.15, -0.1) is 6.42 Å². The van der Waals surface area contributed by atoms with Crippen LogP contribution < -0.4 is 15.4 Å². The number of hydrogen-bond donors (Lipinski definition) is 2. The third-order valence-electron chi connectivity index (χ3n) is 3.84. The van der Waals surface area contributed by atoms with E-state index in [2.05, 4.69) is 21.5 Å². The lowest BCUT2D eigenvalue weighted by Crippen LogP contribution is -2.44. The van der Waals surface area contributed by atoms with Gasteiger partial charge in [0.15, 0.2) is 0 Å². The Balaban J connectivity index is 2.31. The highest BCUT2D eigenvalue weighted by molar-refractivity contribution is 6.00. The van der Waals surface area contributed by atoms with Crippen molar-refractivity contribution in [1.82, 2.24) is 10.3 Å². The van der Waals surface area contributed by atoms with Gasteiger partial charge in [0.2, 0.25) is 0 Å². The molecule has 1 aromatic carbocycles. The van der Waals surface area contributed by atoms with Crippen molar-refractivity contribution in [2.24, 2.45) is 0 Å². The molecular weight excluding hydrogens is 321 g/mol. The molecule has 2 rings (SSSR count). The number of benzene rings is 1. The van der Waals surface area contributed by atoms with Gasteiger partial charge in [0.25, 0.3) is 5.91 Å². The van der Waals surface area contributed by atoms with Crippen LogP contribution in [0.5, 0.6) is 5.75 Å². The lowest BCUT2D eigenvalue weighted by Gasteiger charge is -2.24. The van der Waals surface area contributed by atoms with E-state index < -0.39 is 11.4 Å². The number of rotatable bonds is 6. The second-order valence-corrected chi connectivity index (χ2v) is 5.69. The minimum absolute atomic E-state index is 0.295. The van der Waals surface area contributed by atoms with Gasteiger partial charge in [-0.1, -0.05) is 12.8 Å². The molecule has 1 aromatic heterocycles. The maximum Gasteiger partial charge on any atom is 0.256 e. The van der Waals surface area contributed by atoms with Crippen molar-refractivity contribution in [3.8, 4) is 18.1 Å². The van der Waals surface area contributed by atoms with Gasteiger partial charge >= 0.3 is 0 Å². The summed E-state index contributed by atoms with van der Waals surface area (Å²) in [5.74, 6) is 2.41. The minimum Gasteiger partial charge on any atom is -0.497 e. The van der Waals surface area contributed by atoms with Gasteiger partial charge in [0.05, 0.1) is 18.2 Å². The van der Waals surface area contributed by atoms with Crippen LogP contribution in [0, 0.1) is 18.2 Å². The molecule has 1 atom stereocenters. The molecule has 5 nitrogen and oxygen atoms in total. The van der Waals surface area contributed by atoms with E-state index in [4.69, 9.17) is 11.2 Å². The van der Waals surface area contributed by atoms with Crippen molar-refractivity contribution in [2.45, 2.75) is 25.8 Å². The van der Waals surface area contributed by atoms with Crippen LogP contribution in [-0.4, -0.2) is 23.5 Å². The highest BCUT2D eigenvalue weighted by Crippen LogP contribution is 2.24. The Hall–Kier alpha value is -3.07. The molecule has 1 amide bonds. The lowest BCUT2D eigenvalue weighted by molar-refractivity contribution is 0.0924. The van der Waals surface area contributed by atoms with Crippen molar-refractivity contribution in [1.29, 1.82) is 0 Å². The Kier molecular flexibility index (Phi) is 5.60. The van der Waals surface area contributed by atoms with E-state index in [0.29, 0.717) is 29.2 Å². The van der Waals surface area contributed by atoms with Crippen LogP contribution in [0.25, 0.3) is 0 Å². The monoisotopic (exact) mass is 341 g/mol. The summed E-state index contributed by atoms with van der Waals surface area (Å²) in [6.07, 6.45) is 7.62. The van der Waals surface area contributed by atoms with Crippen molar-refractivity contribution in [3.63, 3.8) is 0 Å². The van der Waals surface area contributed by atoms with Crippen LogP contribution in [0.3, 0.4) is 0 Å². The number of carbonyl (C=O) groups excluding carboxylic acids is 1. The fraction of sp³-hybridized carbons (Fsp3) is 0.263. The van der Waals surface area contributed by atoms with Crippen LogP contribution in [0.1, 0.15) is 30.6 Å². The third-order valence-corrected chi connectivity index (χ3v) is 3.84. The maximum atomic E-state index is 13.6. The van der Waals surface area contributed by atoms with Gasteiger partial charge in [-0.05, 0) is 31.5 Å². The van der Waals surface area contributed by atoms with E-state index in [1.807, 2.05) is 6.92 Å². The van der Waals surface area contributed by atoms with Gasteiger partial charge in [0, 0.05) is 24.0 Å². The fourth-order valence-electron chi connectivity index (χ4n) is 2.12. The molecular formula is C19H20FN3O2. The van der Waals surface area contributed by atoms with E-state index in [1.165, 1.54) is 25.4 Å². The van der Waals surface area contributed by atoms with Crippen molar-refractivity contribution < 1.29 is 13.9 Å². The number of halogens is 1. The van der Waals surface area contributed by atoms with E-state index >= 15 is 0 Å². The van der Waals surface area contributed by atoms with Gasteiger partial charge in [-0.3, -0.25) is 4.79 Å². The number of amides is 1. The number of terminal acetylenes is 1. The zero-order valence-corrected chi connectivity index (χ0v) is 14.4. The number of hydrogen-bond acceptors (Lipinski definition) is 4. The number of aromatic nitrogens is 1. The lowest BCUT2D eigenvalue weighted by atomic mass is 9.99. The van der Waals surface area contributed by atoms with Crippen LogP contribution in [0.4, 0.5) is 15.9 Å². The average Bonchev–Trinajstić information content (AvgIpc) is 2.61. The molecule has 0 aliphatic heterocycles. The Morgan fingerprint density at radius 2 is 2.20 bits per heavy atom. The number of pyridine rings is 1. The molecule has 0 saturated heterocycles. The predicted molar refractivity (Wildman–Crippen MR) is 95.5 cm³/mol. The summed E-state index contributed by atoms with van der Waals surface area (Å²) < 4.78 is 18.7. The number of anilines is 2. The highest BCUT2D eigenvalue weighted by atomic mass is 19.1. The van der Waals surface area contributed by atoms with Gasteiger partial charge in [-0.25, -0.2) is 9.37 Å². The molecule has 0 spiro atoms. The molecule has 0 fully saturated rings. The first-order chi connectivity index (χ1) is 11.9. The van der Waals surface area contributed by atoms with Crippen LogP contribution >= 0.6 is 0 Å². The summed E-state index contributed by atoms with van der Waals surface area (Å²) in [6, 6.07) is 7.42. The number of carbonyl (C=O) groups is 1. The summed E-state index contributed by atoms with van der Waals surface area (Å²) in [5.41, 5.74) is -0.0350. The van der Waals surface area contributed by atoms with E-state index in [1.54, 1.807) is 25.1 Å². The SMILES string of the molecule is C#CC(C)(CC)NC(=O)c1cccnc1Nc1cc(F)cc(OC)c1. The molecule has 0 aliphatic rings. The minimum atomic E-state index is -0.758. The number of methoxy groups -OCH3 is 1. The normalized spacial score (nSPS) is 12.6. The summed E-state index contributed by atoms with van der Waals surface area (Å²) in [5, 5.41) is 5.76. The first-order valence-corrected chi connectivity index (χ1v) is 7.77. The number of ether oxygens (including phenoxy) is 1. The maximum absolute atomic E-state index is 13.6. The Morgan fingerprint density at radius 1 is 1.44 bits per heavy atom. The molecule has 130 valence electrons. The van der Waals surface area contributed by atoms with Crippen molar-refractivity contribution >= 4 is 17.4 Å². The van der Waals surface area contributed by atoms with Gasteiger partial charge < -0.3 is 15.4 Å². The van der Waals surface area contributed by atoms with E-state index in [0.717, 1.165) is 0 Å². The van der Waals surface area contributed by atoms with Gasteiger partial charge in [0.1, 0.15) is 17.4 Å². The molecule has 0 radical (unpaired) electrons. The molecule has 6 heteroatoms. The third kappa shape index (κ3) is 4.48. The summed E-state index contributed by atoms with van der Waals surface area (Å²) in [6.45, 7) is 3.66. The molecule has 0 aliphatic carbocycles.